The van der Waals surface area contributed by atoms with E-state index in [1.807, 2.05) is 12.1 Å². The number of ether oxygens (including phenoxy) is 2. The van der Waals surface area contributed by atoms with Crippen molar-refractivity contribution in [2.45, 2.75) is 20.0 Å². The van der Waals surface area contributed by atoms with Crippen LogP contribution in [0.3, 0.4) is 0 Å². The highest BCUT2D eigenvalue weighted by molar-refractivity contribution is 5.98. The first-order chi connectivity index (χ1) is 8.58. The highest BCUT2D eigenvalue weighted by Crippen LogP contribution is 2.20. The first kappa shape index (κ1) is 13.8. The largest absolute Gasteiger partial charge is 0.496 e. The summed E-state index contributed by atoms with van der Waals surface area (Å²) in [5, 5.41) is 8.97. The molecule has 94 valence electrons. The second-order valence-corrected chi connectivity index (χ2v) is 3.87. The summed E-state index contributed by atoms with van der Waals surface area (Å²) in [6.45, 7) is 3.46. The molecule has 0 unspecified atom stereocenters. The maximum atomic E-state index is 11.6. The molecule has 0 saturated carbocycles. The topological polar surface area (TPSA) is 59.3 Å². The number of carbonyl (C=O) groups is 1. The molecular weight excluding hydrogens is 230 g/mol. The van der Waals surface area contributed by atoms with Crippen molar-refractivity contribution in [2.75, 3.05) is 7.11 Å². The monoisotopic (exact) mass is 245 g/mol. The molecule has 0 atom stereocenters. The van der Waals surface area contributed by atoms with Gasteiger partial charge in [0.05, 0.1) is 13.2 Å². The molecule has 1 rings (SSSR count). The molecule has 0 spiro atoms. The predicted octanol–water partition coefficient (Wildman–Crippen LogP) is 2.55. The van der Waals surface area contributed by atoms with Gasteiger partial charge in [0, 0.05) is 5.56 Å². The molecule has 1 aromatic carbocycles. The van der Waals surface area contributed by atoms with Crippen LogP contribution in [0.25, 0.3) is 6.08 Å². The molecule has 0 aliphatic carbocycles. The molecule has 18 heavy (non-hydrogen) atoms. The highest BCUT2D eigenvalue weighted by atomic mass is 16.5. The predicted molar refractivity (Wildman–Crippen MR) is 67.8 cm³/mol. The third kappa shape index (κ3) is 3.63. The summed E-state index contributed by atoms with van der Waals surface area (Å²) in [5.41, 5.74) is 0.616. The van der Waals surface area contributed by atoms with E-state index in [2.05, 4.69) is 0 Å². The van der Waals surface area contributed by atoms with Gasteiger partial charge in [-0.05, 0) is 26.0 Å². The Hall–Kier alpha value is -2.28. The number of rotatable bonds is 4. The van der Waals surface area contributed by atoms with E-state index in [1.54, 1.807) is 32.0 Å². The molecule has 0 radical (unpaired) electrons. The molecule has 0 bridgehead atoms. The van der Waals surface area contributed by atoms with Gasteiger partial charge in [0.2, 0.25) is 0 Å². The van der Waals surface area contributed by atoms with Crippen molar-refractivity contribution in [3.63, 3.8) is 0 Å². The van der Waals surface area contributed by atoms with Crippen molar-refractivity contribution in [3.05, 3.63) is 35.4 Å². The van der Waals surface area contributed by atoms with Crippen molar-refractivity contribution < 1.29 is 14.3 Å². The van der Waals surface area contributed by atoms with Gasteiger partial charge in [0.1, 0.15) is 17.4 Å². The van der Waals surface area contributed by atoms with E-state index in [-0.39, 0.29) is 11.7 Å². The normalized spacial score (nSPS) is 10.9. The van der Waals surface area contributed by atoms with E-state index in [9.17, 15) is 4.79 Å². The lowest BCUT2D eigenvalue weighted by Crippen LogP contribution is -2.12. The molecule has 4 nitrogen and oxygen atoms in total. The standard InChI is InChI=1S/C14H15NO3/c1-10(2)18-14(16)12(9-15)8-11-6-4-5-7-13(11)17-3/h4-8,10H,1-3H3/b12-8+. The number of benzene rings is 1. The number of methoxy groups -OCH3 is 1. The fourth-order valence-corrected chi connectivity index (χ4v) is 1.36. The van der Waals surface area contributed by atoms with Gasteiger partial charge in [-0.25, -0.2) is 4.79 Å². The Kier molecular flexibility index (Phi) is 4.94. The molecule has 0 saturated heterocycles. The molecule has 4 heteroatoms. The SMILES string of the molecule is COc1ccccc1/C=C(\C#N)C(=O)OC(C)C. The summed E-state index contributed by atoms with van der Waals surface area (Å²) < 4.78 is 10.1. The summed E-state index contributed by atoms with van der Waals surface area (Å²) in [5.74, 6) is -0.0268. The average molecular weight is 245 g/mol. The Morgan fingerprint density at radius 3 is 2.61 bits per heavy atom. The second-order valence-electron chi connectivity index (χ2n) is 3.87. The maximum absolute atomic E-state index is 11.6. The van der Waals surface area contributed by atoms with Gasteiger partial charge in [0.25, 0.3) is 0 Å². The van der Waals surface area contributed by atoms with Crippen molar-refractivity contribution in [1.29, 1.82) is 5.26 Å². The number of nitrogens with zero attached hydrogens (tertiary/aromatic N) is 1. The van der Waals surface area contributed by atoms with Crippen LogP contribution in [-0.4, -0.2) is 19.2 Å². The van der Waals surface area contributed by atoms with Crippen LogP contribution in [0.4, 0.5) is 0 Å². The van der Waals surface area contributed by atoms with Gasteiger partial charge < -0.3 is 9.47 Å². The minimum atomic E-state index is -0.626. The Morgan fingerprint density at radius 2 is 2.06 bits per heavy atom. The molecule has 1 aromatic rings. The zero-order valence-corrected chi connectivity index (χ0v) is 10.6. The Bertz CT molecular complexity index is 498. The second kappa shape index (κ2) is 6.45. The molecular formula is C14H15NO3. The summed E-state index contributed by atoms with van der Waals surface area (Å²) in [7, 11) is 1.53. The van der Waals surface area contributed by atoms with E-state index >= 15 is 0 Å². The van der Waals surface area contributed by atoms with Crippen molar-refractivity contribution in [3.8, 4) is 11.8 Å². The molecule has 0 heterocycles. The number of esters is 1. The maximum Gasteiger partial charge on any atom is 0.349 e. The van der Waals surface area contributed by atoms with Crippen LogP contribution >= 0.6 is 0 Å². The van der Waals surface area contributed by atoms with Gasteiger partial charge in [0.15, 0.2) is 0 Å². The Balaban J connectivity index is 3.05. The first-order valence-corrected chi connectivity index (χ1v) is 5.54. The van der Waals surface area contributed by atoms with Crippen LogP contribution < -0.4 is 4.74 Å². The quantitative estimate of drug-likeness (QED) is 0.464. The Labute approximate surface area is 106 Å². The average Bonchev–Trinajstić information content (AvgIpc) is 2.35. The number of carbonyl (C=O) groups excluding carboxylic acids is 1. The fourth-order valence-electron chi connectivity index (χ4n) is 1.36. The van der Waals surface area contributed by atoms with Crippen LogP contribution in [0.2, 0.25) is 0 Å². The van der Waals surface area contributed by atoms with E-state index in [1.165, 1.54) is 13.2 Å². The Morgan fingerprint density at radius 1 is 1.39 bits per heavy atom. The number of para-hydroxylation sites is 1. The molecule has 0 aromatic heterocycles. The van der Waals surface area contributed by atoms with Crippen molar-refractivity contribution >= 4 is 12.0 Å². The molecule has 0 aliphatic heterocycles. The van der Waals surface area contributed by atoms with E-state index in [4.69, 9.17) is 14.7 Å². The first-order valence-electron chi connectivity index (χ1n) is 5.54. The van der Waals surface area contributed by atoms with Crippen LogP contribution in [0.1, 0.15) is 19.4 Å². The van der Waals surface area contributed by atoms with Crippen LogP contribution in [0, 0.1) is 11.3 Å². The van der Waals surface area contributed by atoms with Gasteiger partial charge >= 0.3 is 5.97 Å². The minimum absolute atomic E-state index is 0.0480. The molecule has 0 amide bonds. The third-order valence-electron chi connectivity index (χ3n) is 2.12. The summed E-state index contributed by atoms with van der Waals surface area (Å²) >= 11 is 0. The lowest BCUT2D eigenvalue weighted by molar-refractivity contribution is -0.142. The zero-order valence-electron chi connectivity index (χ0n) is 10.6. The van der Waals surface area contributed by atoms with E-state index in [0.717, 1.165) is 0 Å². The molecule has 0 aliphatic rings. The van der Waals surface area contributed by atoms with E-state index < -0.39 is 5.97 Å². The molecule has 0 fully saturated rings. The van der Waals surface area contributed by atoms with Gasteiger partial charge in [-0.2, -0.15) is 5.26 Å². The summed E-state index contributed by atoms with van der Waals surface area (Å²) in [6, 6.07) is 8.98. The number of nitriles is 1. The zero-order chi connectivity index (χ0) is 13.5. The van der Waals surface area contributed by atoms with Crippen LogP contribution in [0.15, 0.2) is 29.8 Å². The highest BCUT2D eigenvalue weighted by Gasteiger charge is 2.13. The van der Waals surface area contributed by atoms with Crippen LogP contribution in [0.5, 0.6) is 5.75 Å². The van der Waals surface area contributed by atoms with Crippen molar-refractivity contribution in [1.82, 2.24) is 0 Å². The fraction of sp³-hybridized carbons (Fsp3) is 0.286. The van der Waals surface area contributed by atoms with E-state index in [0.29, 0.717) is 11.3 Å². The third-order valence-corrected chi connectivity index (χ3v) is 2.12. The molecule has 0 N–H and O–H groups in total. The van der Waals surface area contributed by atoms with Gasteiger partial charge in [-0.3, -0.25) is 0 Å². The smallest absolute Gasteiger partial charge is 0.349 e. The summed E-state index contributed by atoms with van der Waals surface area (Å²) in [4.78, 5) is 11.6. The van der Waals surface area contributed by atoms with Gasteiger partial charge in [-0.15, -0.1) is 0 Å². The van der Waals surface area contributed by atoms with Crippen molar-refractivity contribution in [2.24, 2.45) is 0 Å². The minimum Gasteiger partial charge on any atom is -0.496 e. The lowest BCUT2D eigenvalue weighted by atomic mass is 10.1. The van der Waals surface area contributed by atoms with Crippen LogP contribution in [-0.2, 0) is 9.53 Å². The lowest BCUT2D eigenvalue weighted by Gasteiger charge is -2.07. The summed E-state index contributed by atoms with van der Waals surface area (Å²) in [6.07, 6.45) is 1.20. The number of hydrogen-bond acceptors (Lipinski definition) is 4. The number of hydrogen-bond donors (Lipinski definition) is 0. The van der Waals surface area contributed by atoms with Gasteiger partial charge in [-0.1, -0.05) is 18.2 Å².